The molecule has 1 aromatic carbocycles. The summed E-state index contributed by atoms with van der Waals surface area (Å²) in [4.78, 5) is 10.8. The first-order chi connectivity index (χ1) is 7.56. The summed E-state index contributed by atoms with van der Waals surface area (Å²) in [5, 5.41) is 17.3. The van der Waals surface area contributed by atoms with Gasteiger partial charge >= 0.3 is 5.97 Å². The minimum Gasteiger partial charge on any atom is -0.479 e. The van der Waals surface area contributed by atoms with E-state index in [-0.39, 0.29) is 23.8 Å². The molecule has 16 heavy (non-hydrogen) atoms. The first-order valence-corrected chi connectivity index (χ1v) is 4.84. The molecule has 6 heteroatoms. The highest BCUT2D eigenvalue weighted by Crippen LogP contribution is 2.22. The van der Waals surface area contributed by atoms with Crippen molar-refractivity contribution in [3.8, 4) is 0 Å². The molecule has 4 nitrogen and oxygen atoms in total. The van der Waals surface area contributed by atoms with Gasteiger partial charge in [-0.1, -0.05) is 17.7 Å². The second-order valence-electron chi connectivity index (χ2n) is 2.99. The Bertz CT molecular complexity index is 383. The van der Waals surface area contributed by atoms with Crippen LogP contribution in [0.15, 0.2) is 18.2 Å². The van der Waals surface area contributed by atoms with Gasteiger partial charge in [-0.3, -0.25) is 0 Å². The average Bonchev–Trinajstić information content (AvgIpc) is 2.23. The molecule has 0 bridgehead atoms. The monoisotopic (exact) mass is 248 g/mol. The Labute approximate surface area is 96.2 Å². The van der Waals surface area contributed by atoms with Crippen LogP contribution in [0.5, 0.6) is 0 Å². The largest absolute Gasteiger partial charge is 0.479 e. The maximum Gasteiger partial charge on any atom is 0.337 e. The lowest BCUT2D eigenvalue weighted by Gasteiger charge is -2.13. The van der Waals surface area contributed by atoms with Crippen LogP contribution in [-0.2, 0) is 9.53 Å². The van der Waals surface area contributed by atoms with Crippen molar-refractivity contribution in [2.75, 3.05) is 13.2 Å². The van der Waals surface area contributed by atoms with E-state index >= 15 is 0 Å². The van der Waals surface area contributed by atoms with Gasteiger partial charge in [-0.05, 0) is 17.7 Å². The Morgan fingerprint density at radius 1 is 1.56 bits per heavy atom. The summed E-state index contributed by atoms with van der Waals surface area (Å²) in [5.41, 5.74) is 0.142. The SMILES string of the molecule is O=C(O)C(OCCO)c1ccc(Cl)c(F)c1. The zero-order chi connectivity index (χ0) is 12.1. The molecule has 0 aliphatic heterocycles. The lowest BCUT2D eigenvalue weighted by molar-refractivity contribution is -0.151. The van der Waals surface area contributed by atoms with E-state index in [9.17, 15) is 9.18 Å². The molecule has 2 N–H and O–H groups in total. The van der Waals surface area contributed by atoms with Crippen LogP contribution in [0.4, 0.5) is 4.39 Å². The van der Waals surface area contributed by atoms with Gasteiger partial charge in [0.2, 0.25) is 0 Å². The molecule has 1 aromatic rings. The summed E-state index contributed by atoms with van der Waals surface area (Å²) in [5.74, 6) is -1.96. The molecule has 0 saturated heterocycles. The number of aliphatic carboxylic acids is 1. The summed E-state index contributed by atoms with van der Waals surface area (Å²) in [6.45, 7) is -0.443. The Morgan fingerprint density at radius 2 is 2.25 bits per heavy atom. The van der Waals surface area contributed by atoms with Gasteiger partial charge in [0, 0.05) is 0 Å². The highest BCUT2D eigenvalue weighted by Gasteiger charge is 2.21. The lowest BCUT2D eigenvalue weighted by Crippen LogP contribution is -2.17. The van der Waals surface area contributed by atoms with Crippen LogP contribution in [0.3, 0.4) is 0 Å². The fourth-order valence-corrected chi connectivity index (χ4v) is 1.27. The number of benzene rings is 1. The molecule has 1 rings (SSSR count). The van der Waals surface area contributed by atoms with Gasteiger partial charge in [0.15, 0.2) is 6.10 Å². The first kappa shape index (κ1) is 12.9. The van der Waals surface area contributed by atoms with Crippen molar-refractivity contribution in [1.29, 1.82) is 0 Å². The number of halogens is 2. The summed E-state index contributed by atoms with van der Waals surface area (Å²) in [7, 11) is 0. The van der Waals surface area contributed by atoms with Crippen molar-refractivity contribution >= 4 is 17.6 Å². The van der Waals surface area contributed by atoms with Gasteiger partial charge in [-0.15, -0.1) is 0 Å². The molecule has 0 aromatic heterocycles. The molecule has 0 aliphatic rings. The van der Waals surface area contributed by atoms with Crippen molar-refractivity contribution in [3.63, 3.8) is 0 Å². The zero-order valence-electron chi connectivity index (χ0n) is 8.19. The number of ether oxygens (including phenoxy) is 1. The van der Waals surface area contributed by atoms with Crippen molar-refractivity contribution in [2.45, 2.75) is 6.10 Å². The van der Waals surface area contributed by atoms with Gasteiger partial charge in [0.25, 0.3) is 0 Å². The van der Waals surface area contributed by atoms with Gasteiger partial charge in [-0.2, -0.15) is 0 Å². The number of hydrogen-bond acceptors (Lipinski definition) is 3. The minimum atomic E-state index is -1.31. The first-order valence-electron chi connectivity index (χ1n) is 4.46. The highest BCUT2D eigenvalue weighted by atomic mass is 35.5. The number of rotatable bonds is 5. The van der Waals surface area contributed by atoms with Gasteiger partial charge in [0.05, 0.1) is 18.2 Å². The molecule has 0 radical (unpaired) electrons. The van der Waals surface area contributed by atoms with E-state index in [1.807, 2.05) is 0 Å². The number of carbonyl (C=O) groups is 1. The maximum absolute atomic E-state index is 13.1. The quantitative estimate of drug-likeness (QED) is 0.831. The van der Waals surface area contributed by atoms with Crippen molar-refractivity contribution in [3.05, 3.63) is 34.6 Å². The van der Waals surface area contributed by atoms with E-state index in [1.165, 1.54) is 12.1 Å². The number of carboxylic acid groups (broad SMARTS) is 1. The molecular weight excluding hydrogens is 239 g/mol. The maximum atomic E-state index is 13.1. The normalized spacial score (nSPS) is 12.4. The third-order valence-electron chi connectivity index (χ3n) is 1.85. The number of hydrogen-bond donors (Lipinski definition) is 2. The van der Waals surface area contributed by atoms with Crippen molar-refractivity contribution in [2.24, 2.45) is 0 Å². The smallest absolute Gasteiger partial charge is 0.337 e. The summed E-state index contributed by atoms with van der Waals surface area (Å²) in [6.07, 6.45) is -1.31. The second-order valence-corrected chi connectivity index (χ2v) is 3.39. The summed E-state index contributed by atoms with van der Waals surface area (Å²) < 4.78 is 18.0. The predicted molar refractivity (Wildman–Crippen MR) is 54.8 cm³/mol. The number of aliphatic hydroxyl groups excluding tert-OH is 1. The van der Waals surface area contributed by atoms with Crippen LogP contribution in [0.25, 0.3) is 0 Å². The van der Waals surface area contributed by atoms with Crippen LogP contribution in [-0.4, -0.2) is 29.4 Å². The zero-order valence-corrected chi connectivity index (χ0v) is 8.95. The van der Waals surface area contributed by atoms with Crippen LogP contribution in [0, 0.1) is 5.82 Å². The third kappa shape index (κ3) is 3.16. The standard InChI is InChI=1S/C10H10ClFO4/c11-7-2-1-6(5-8(7)12)9(10(14)15)16-4-3-13/h1-2,5,9,13H,3-4H2,(H,14,15). The van der Waals surface area contributed by atoms with Gasteiger partial charge in [-0.25, -0.2) is 9.18 Å². The average molecular weight is 249 g/mol. The fourth-order valence-electron chi connectivity index (χ4n) is 1.16. The Hall–Kier alpha value is -1.17. The highest BCUT2D eigenvalue weighted by molar-refractivity contribution is 6.30. The Morgan fingerprint density at radius 3 is 2.75 bits per heavy atom. The molecule has 0 spiro atoms. The van der Waals surface area contributed by atoms with Crippen LogP contribution >= 0.6 is 11.6 Å². The van der Waals surface area contributed by atoms with Crippen LogP contribution in [0.1, 0.15) is 11.7 Å². The summed E-state index contributed by atoms with van der Waals surface area (Å²) >= 11 is 5.47. The molecule has 1 atom stereocenters. The Kier molecular flexibility index (Phi) is 4.67. The van der Waals surface area contributed by atoms with E-state index in [2.05, 4.69) is 0 Å². The molecule has 0 aliphatic carbocycles. The van der Waals surface area contributed by atoms with Crippen molar-refractivity contribution < 1.29 is 24.1 Å². The van der Waals surface area contributed by atoms with Crippen molar-refractivity contribution in [1.82, 2.24) is 0 Å². The topological polar surface area (TPSA) is 66.8 Å². The van der Waals surface area contributed by atoms with E-state index in [4.69, 9.17) is 26.6 Å². The lowest BCUT2D eigenvalue weighted by atomic mass is 10.1. The van der Waals surface area contributed by atoms with Crippen LogP contribution < -0.4 is 0 Å². The fraction of sp³-hybridized carbons (Fsp3) is 0.300. The second kappa shape index (κ2) is 5.79. The molecule has 0 amide bonds. The predicted octanol–water partition coefficient (Wildman–Crippen LogP) is 1.61. The van der Waals surface area contributed by atoms with E-state index in [0.717, 1.165) is 6.07 Å². The van der Waals surface area contributed by atoms with Gasteiger partial charge < -0.3 is 14.9 Å². The number of carboxylic acids is 1. The van der Waals surface area contributed by atoms with E-state index < -0.39 is 17.9 Å². The summed E-state index contributed by atoms with van der Waals surface area (Å²) in [6, 6.07) is 3.62. The number of aliphatic hydroxyl groups is 1. The van der Waals surface area contributed by atoms with Gasteiger partial charge in [0.1, 0.15) is 5.82 Å². The molecule has 0 heterocycles. The minimum absolute atomic E-state index is 0.0879. The molecule has 1 unspecified atom stereocenters. The Balaban J connectivity index is 2.92. The van der Waals surface area contributed by atoms with E-state index in [0.29, 0.717) is 0 Å². The van der Waals surface area contributed by atoms with Crippen LogP contribution in [0.2, 0.25) is 5.02 Å². The third-order valence-corrected chi connectivity index (χ3v) is 2.15. The molecule has 0 saturated carbocycles. The van der Waals surface area contributed by atoms with E-state index in [1.54, 1.807) is 0 Å². The molecular formula is C10H10ClFO4. The molecule has 0 fully saturated rings. The molecule has 88 valence electrons.